The minimum absolute atomic E-state index is 0.0443. The second-order valence-electron chi connectivity index (χ2n) is 9.69. The lowest BCUT2D eigenvalue weighted by atomic mass is 9.79. The molecule has 29 heavy (non-hydrogen) atoms. The van der Waals surface area contributed by atoms with Gasteiger partial charge in [0.2, 0.25) is 5.92 Å². The molecule has 158 valence electrons. The summed E-state index contributed by atoms with van der Waals surface area (Å²) in [7, 11) is -0.700. The summed E-state index contributed by atoms with van der Waals surface area (Å²) < 4.78 is 56.7. The van der Waals surface area contributed by atoms with Gasteiger partial charge in [-0.3, -0.25) is 0 Å². The Bertz CT molecular complexity index is 939. The molecule has 1 aromatic heterocycles. The molecule has 1 aromatic carbocycles. The molecule has 2 aromatic rings. The largest absolute Gasteiger partial charge is 0.495 e. The van der Waals surface area contributed by atoms with Gasteiger partial charge in [0.25, 0.3) is 0 Å². The van der Waals surface area contributed by atoms with Crippen molar-refractivity contribution < 1.29 is 22.5 Å². The van der Waals surface area contributed by atoms with Crippen molar-refractivity contribution in [2.75, 3.05) is 0 Å². The molecule has 2 fully saturated rings. The molecule has 4 rings (SSSR count). The summed E-state index contributed by atoms with van der Waals surface area (Å²) in [6, 6.07) is 3.16. The molecule has 1 aliphatic heterocycles. The molecule has 1 saturated carbocycles. The number of fused-ring (bicyclic) bond motifs is 1. The molecule has 0 radical (unpaired) electrons. The monoisotopic (exact) mass is 408 g/mol. The van der Waals surface area contributed by atoms with E-state index in [0.717, 1.165) is 0 Å². The van der Waals surface area contributed by atoms with Crippen molar-refractivity contribution in [1.29, 1.82) is 0 Å². The van der Waals surface area contributed by atoms with E-state index in [1.54, 1.807) is 0 Å². The van der Waals surface area contributed by atoms with E-state index in [1.807, 2.05) is 52.2 Å². The van der Waals surface area contributed by atoms with E-state index in [1.165, 1.54) is 6.07 Å². The zero-order valence-electron chi connectivity index (χ0n) is 17.9. The second-order valence-corrected chi connectivity index (χ2v) is 9.69. The Hall–Kier alpha value is -1.54. The maximum absolute atomic E-state index is 15.0. The van der Waals surface area contributed by atoms with Gasteiger partial charge in [-0.1, -0.05) is 0 Å². The van der Waals surface area contributed by atoms with E-state index < -0.39 is 30.1 Å². The normalized spacial score (nSPS) is 25.4. The molecule has 4 nitrogen and oxygen atoms in total. The first-order valence-corrected chi connectivity index (χ1v) is 10.3. The van der Waals surface area contributed by atoms with Crippen molar-refractivity contribution in [2.24, 2.45) is 0 Å². The van der Waals surface area contributed by atoms with Crippen molar-refractivity contribution in [3.05, 3.63) is 23.8 Å². The Morgan fingerprint density at radius 1 is 1.14 bits per heavy atom. The molecular weight excluding hydrogens is 380 g/mol. The van der Waals surface area contributed by atoms with E-state index in [4.69, 9.17) is 9.31 Å². The third kappa shape index (κ3) is 3.38. The van der Waals surface area contributed by atoms with Crippen LogP contribution < -0.4 is 5.46 Å². The SMILES string of the molecule is CC(C)n1c([C@H]2CCC(F)(F)C2)nc2c(F)cc(B3OC(C)(C)C(C)(C)O3)cc21. The van der Waals surface area contributed by atoms with Crippen molar-refractivity contribution in [1.82, 2.24) is 9.55 Å². The Kier molecular flexibility index (Phi) is 4.63. The molecule has 8 heteroatoms. The summed E-state index contributed by atoms with van der Waals surface area (Å²) in [5, 5.41) is 0. The van der Waals surface area contributed by atoms with Gasteiger partial charge >= 0.3 is 7.12 Å². The summed E-state index contributed by atoms with van der Waals surface area (Å²) in [5.74, 6) is -3.01. The standard InChI is InChI=1S/C21H28BF3N2O2/c1-12(2)27-16-10-14(22-28-19(3,4)20(5,6)29-22)9-15(23)17(16)26-18(27)13-7-8-21(24,25)11-13/h9-10,12-13H,7-8,11H2,1-6H3/t13-/m0/s1. The quantitative estimate of drug-likeness (QED) is 0.674. The molecule has 0 N–H and O–H groups in total. The summed E-state index contributed by atoms with van der Waals surface area (Å²) in [4.78, 5) is 4.48. The summed E-state index contributed by atoms with van der Waals surface area (Å²) in [6.07, 6.45) is -0.0376. The molecule has 0 spiro atoms. The number of halogens is 3. The van der Waals surface area contributed by atoms with Gasteiger partial charge in [0.15, 0.2) is 5.82 Å². The van der Waals surface area contributed by atoms with Crippen LogP contribution in [0.3, 0.4) is 0 Å². The summed E-state index contributed by atoms with van der Waals surface area (Å²) in [5.41, 5.74) is 0.294. The average molecular weight is 408 g/mol. The Labute approximate surface area is 169 Å². The lowest BCUT2D eigenvalue weighted by Crippen LogP contribution is -2.41. The van der Waals surface area contributed by atoms with Gasteiger partial charge in [0.1, 0.15) is 11.3 Å². The maximum atomic E-state index is 15.0. The van der Waals surface area contributed by atoms with Gasteiger partial charge in [-0.25, -0.2) is 18.2 Å². The van der Waals surface area contributed by atoms with Crippen LogP contribution in [-0.2, 0) is 9.31 Å². The molecule has 0 bridgehead atoms. The molecule has 0 amide bonds. The number of alkyl halides is 2. The van der Waals surface area contributed by atoms with Crippen LogP contribution in [0, 0.1) is 5.82 Å². The van der Waals surface area contributed by atoms with Gasteiger partial charge in [0.05, 0.1) is 16.7 Å². The highest BCUT2D eigenvalue weighted by Gasteiger charge is 2.52. The van der Waals surface area contributed by atoms with Crippen molar-refractivity contribution >= 4 is 23.6 Å². The van der Waals surface area contributed by atoms with E-state index >= 15 is 4.39 Å². The highest BCUT2D eigenvalue weighted by Crippen LogP contribution is 2.45. The Morgan fingerprint density at radius 3 is 2.28 bits per heavy atom. The smallest absolute Gasteiger partial charge is 0.399 e. The fourth-order valence-electron chi connectivity index (χ4n) is 4.31. The van der Waals surface area contributed by atoms with Crippen LogP contribution in [0.5, 0.6) is 0 Å². The average Bonchev–Trinajstić information content (AvgIpc) is 3.19. The van der Waals surface area contributed by atoms with Crippen molar-refractivity contribution in [2.45, 2.75) is 89.9 Å². The van der Waals surface area contributed by atoms with Crippen molar-refractivity contribution in [3.8, 4) is 0 Å². The van der Waals surface area contributed by atoms with Crippen LogP contribution in [0.25, 0.3) is 11.0 Å². The first kappa shape index (κ1) is 20.7. The molecule has 2 aliphatic rings. The molecule has 2 heterocycles. The predicted octanol–water partition coefficient (Wildman–Crippen LogP) is 4.96. The van der Waals surface area contributed by atoms with Gasteiger partial charge in [-0.2, -0.15) is 0 Å². The van der Waals surface area contributed by atoms with E-state index in [9.17, 15) is 8.78 Å². The summed E-state index contributed by atoms with van der Waals surface area (Å²) in [6.45, 7) is 11.7. The van der Waals surface area contributed by atoms with Crippen LogP contribution in [0.4, 0.5) is 13.2 Å². The van der Waals surface area contributed by atoms with Crippen LogP contribution >= 0.6 is 0 Å². The first-order valence-electron chi connectivity index (χ1n) is 10.3. The van der Waals surface area contributed by atoms with E-state index in [-0.39, 0.29) is 30.3 Å². The molecule has 0 unspecified atom stereocenters. The predicted molar refractivity (Wildman–Crippen MR) is 107 cm³/mol. The maximum Gasteiger partial charge on any atom is 0.495 e. The van der Waals surface area contributed by atoms with Crippen LogP contribution in [0.1, 0.15) is 78.6 Å². The van der Waals surface area contributed by atoms with Crippen LogP contribution in [-0.4, -0.2) is 33.8 Å². The third-order valence-corrected chi connectivity index (χ3v) is 6.61. The van der Waals surface area contributed by atoms with E-state index in [0.29, 0.717) is 23.2 Å². The lowest BCUT2D eigenvalue weighted by Gasteiger charge is -2.32. The van der Waals surface area contributed by atoms with Gasteiger partial charge in [-0.05, 0) is 65.6 Å². The van der Waals surface area contributed by atoms with Gasteiger partial charge in [-0.15, -0.1) is 0 Å². The topological polar surface area (TPSA) is 36.3 Å². The van der Waals surface area contributed by atoms with Gasteiger partial charge in [0, 0.05) is 24.8 Å². The number of aromatic nitrogens is 2. The minimum atomic E-state index is -2.68. The number of imidazole rings is 1. The molecule has 1 saturated heterocycles. The first-order chi connectivity index (χ1) is 13.3. The fourth-order valence-corrected chi connectivity index (χ4v) is 4.31. The zero-order chi connectivity index (χ0) is 21.4. The number of nitrogens with zero attached hydrogens (tertiary/aromatic N) is 2. The molecular formula is C21H28BF3N2O2. The van der Waals surface area contributed by atoms with Crippen LogP contribution in [0.2, 0.25) is 0 Å². The Morgan fingerprint density at radius 2 is 1.76 bits per heavy atom. The molecule has 1 atom stereocenters. The Balaban J connectivity index is 1.81. The minimum Gasteiger partial charge on any atom is -0.399 e. The number of hydrogen-bond acceptors (Lipinski definition) is 3. The molecule has 1 aliphatic carbocycles. The van der Waals surface area contributed by atoms with Crippen LogP contribution in [0.15, 0.2) is 12.1 Å². The number of benzene rings is 1. The fraction of sp³-hybridized carbons (Fsp3) is 0.667. The van der Waals surface area contributed by atoms with Crippen molar-refractivity contribution in [3.63, 3.8) is 0 Å². The summed E-state index contributed by atoms with van der Waals surface area (Å²) >= 11 is 0. The highest BCUT2D eigenvalue weighted by molar-refractivity contribution is 6.62. The van der Waals surface area contributed by atoms with E-state index in [2.05, 4.69) is 4.98 Å². The zero-order valence-corrected chi connectivity index (χ0v) is 17.9. The highest BCUT2D eigenvalue weighted by atomic mass is 19.3. The number of hydrogen-bond donors (Lipinski definition) is 0. The van der Waals surface area contributed by atoms with Gasteiger partial charge < -0.3 is 13.9 Å². The third-order valence-electron chi connectivity index (χ3n) is 6.61. The lowest BCUT2D eigenvalue weighted by molar-refractivity contribution is 0.00578. The number of rotatable bonds is 3. The second kappa shape index (κ2) is 6.48.